The summed E-state index contributed by atoms with van der Waals surface area (Å²) in [5.41, 5.74) is 2.75. The molecule has 1 atom stereocenters. The van der Waals surface area contributed by atoms with Gasteiger partial charge in [-0.3, -0.25) is 33.8 Å². The molecule has 10 heteroatoms. The summed E-state index contributed by atoms with van der Waals surface area (Å²) >= 11 is 1.29. The lowest BCUT2D eigenvalue weighted by Gasteiger charge is -2.34. The Morgan fingerprint density at radius 2 is 1.67 bits per heavy atom. The monoisotopic (exact) mass is 505 g/mol. The van der Waals surface area contributed by atoms with Crippen LogP contribution in [0, 0.1) is 6.92 Å². The lowest BCUT2D eigenvalue weighted by Crippen LogP contribution is -2.53. The van der Waals surface area contributed by atoms with E-state index in [2.05, 4.69) is 4.90 Å². The first-order valence-corrected chi connectivity index (χ1v) is 13.0. The van der Waals surface area contributed by atoms with Gasteiger partial charge in [0, 0.05) is 25.7 Å². The van der Waals surface area contributed by atoms with Gasteiger partial charge >= 0.3 is 0 Å². The highest BCUT2D eigenvalue weighted by molar-refractivity contribution is 8.02. The number of nitrogens with zero attached hydrogens (tertiary/aromatic N) is 5. The van der Waals surface area contributed by atoms with Gasteiger partial charge in [-0.1, -0.05) is 36.4 Å². The van der Waals surface area contributed by atoms with E-state index in [9.17, 15) is 14.4 Å². The Kier molecular flexibility index (Phi) is 5.55. The van der Waals surface area contributed by atoms with Gasteiger partial charge in [0.1, 0.15) is 5.69 Å². The van der Waals surface area contributed by atoms with E-state index >= 15 is 0 Å². The minimum absolute atomic E-state index is 0.116. The molecule has 6 rings (SSSR count). The summed E-state index contributed by atoms with van der Waals surface area (Å²) in [4.78, 5) is 45.8. The van der Waals surface area contributed by atoms with Crippen LogP contribution in [0.25, 0.3) is 5.69 Å². The van der Waals surface area contributed by atoms with Crippen LogP contribution in [0.3, 0.4) is 0 Å². The van der Waals surface area contributed by atoms with Crippen molar-refractivity contribution >= 4 is 35.0 Å². The van der Waals surface area contributed by atoms with E-state index in [1.807, 2.05) is 61.5 Å². The van der Waals surface area contributed by atoms with Gasteiger partial charge in [-0.25, -0.2) is 4.68 Å². The number of rotatable bonds is 4. The molecule has 0 aliphatic carbocycles. The van der Waals surface area contributed by atoms with E-state index in [4.69, 9.17) is 4.74 Å². The summed E-state index contributed by atoms with van der Waals surface area (Å²) < 4.78 is 8.77. The van der Waals surface area contributed by atoms with Gasteiger partial charge in [0.25, 0.3) is 11.5 Å². The Labute approximate surface area is 212 Å². The fourth-order valence-corrected chi connectivity index (χ4v) is 6.75. The normalized spacial score (nSPS) is 22.2. The fourth-order valence-electron chi connectivity index (χ4n) is 5.41. The van der Waals surface area contributed by atoms with Crippen molar-refractivity contribution in [2.24, 2.45) is 7.05 Å². The molecule has 1 spiro atoms. The molecule has 2 fully saturated rings. The molecule has 3 aliphatic heterocycles. The second-order valence-electron chi connectivity index (χ2n) is 9.19. The molecule has 0 radical (unpaired) electrons. The van der Waals surface area contributed by atoms with E-state index in [1.165, 1.54) is 16.7 Å². The highest BCUT2D eigenvalue weighted by Crippen LogP contribution is 2.55. The van der Waals surface area contributed by atoms with Crippen LogP contribution < -0.4 is 15.4 Å². The molecule has 1 aromatic heterocycles. The number of carbonyl (C=O) groups excluding carboxylic acids is 2. The van der Waals surface area contributed by atoms with Gasteiger partial charge in [0.05, 0.1) is 42.7 Å². The predicted octanol–water partition coefficient (Wildman–Crippen LogP) is 2.05. The summed E-state index contributed by atoms with van der Waals surface area (Å²) in [7, 11) is 1.79. The molecule has 0 saturated carbocycles. The average molecular weight is 506 g/mol. The Morgan fingerprint density at radius 3 is 2.42 bits per heavy atom. The maximum atomic E-state index is 14.3. The van der Waals surface area contributed by atoms with Crippen molar-refractivity contribution in [2.75, 3.05) is 48.5 Å². The molecule has 2 aromatic carbocycles. The number of aromatic nitrogens is 2. The third-order valence-electron chi connectivity index (χ3n) is 7.26. The molecule has 0 N–H and O–H groups in total. The second kappa shape index (κ2) is 8.65. The van der Waals surface area contributed by atoms with Crippen molar-refractivity contribution in [3.63, 3.8) is 0 Å². The predicted molar refractivity (Wildman–Crippen MR) is 139 cm³/mol. The standard InChI is InChI=1S/C26H27N5O4S/c1-18-23(24(33)31(27(18)2)19-8-4-3-5-9-19)30-22(32)16-36-26(30)20-10-6-7-11-21(20)29(25(26)34)17-28-12-14-35-15-13-28/h3-11H,12-17H2,1-2H3. The molecule has 2 amide bonds. The third kappa shape index (κ3) is 3.21. The van der Waals surface area contributed by atoms with E-state index in [-0.39, 0.29) is 28.8 Å². The Bertz CT molecular complexity index is 1410. The first-order valence-electron chi connectivity index (χ1n) is 12.0. The fraction of sp³-hybridized carbons (Fsp3) is 0.346. The number of fused-ring (bicyclic) bond motifs is 2. The first kappa shape index (κ1) is 23.1. The number of anilines is 2. The molecular formula is C26H27N5O4S. The summed E-state index contributed by atoms with van der Waals surface area (Å²) in [6, 6.07) is 16.9. The zero-order chi connectivity index (χ0) is 25.0. The average Bonchev–Trinajstić information content (AvgIpc) is 3.44. The molecule has 2 saturated heterocycles. The van der Waals surface area contributed by atoms with E-state index < -0.39 is 4.87 Å². The van der Waals surface area contributed by atoms with Gasteiger partial charge in [-0.2, -0.15) is 0 Å². The molecule has 1 unspecified atom stereocenters. The van der Waals surface area contributed by atoms with Crippen LogP contribution in [-0.4, -0.2) is 64.8 Å². The maximum absolute atomic E-state index is 14.3. The Hall–Kier alpha value is -3.34. The van der Waals surface area contributed by atoms with Crippen molar-refractivity contribution in [3.05, 3.63) is 76.2 Å². The van der Waals surface area contributed by atoms with E-state index in [0.29, 0.717) is 31.3 Å². The van der Waals surface area contributed by atoms with Crippen molar-refractivity contribution in [3.8, 4) is 5.69 Å². The van der Waals surface area contributed by atoms with Crippen LogP contribution in [0.5, 0.6) is 0 Å². The molecule has 3 aliphatic rings. The van der Waals surface area contributed by atoms with Crippen LogP contribution in [0.4, 0.5) is 11.4 Å². The summed E-state index contributed by atoms with van der Waals surface area (Å²) in [5, 5.41) is 0. The quantitative estimate of drug-likeness (QED) is 0.540. The number of amides is 2. The highest BCUT2D eigenvalue weighted by Gasteiger charge is 2.62. The minimum Gasteiger partial charge on any atom is -0.379 e. The molecule has 186 valence electrons. The first-order chi connectivity index (χ1) is 17.4. The summed E-state index contributed by atoms with van der Waals surface area (Å²) in [6.07, 6.45) is 0. The van der Waals surface area contributed by atoms with Gasteiger partial charge in [-0.05, 0) is 25.1 Å². The summed E-state index contributed by atoms with van der Waals surface area (Å²) in [6.45, 7) is 4.93. The zero-order valence-corrected chi connectivity index (χ0v) is 21.0. The molecule has 4 heterocycles. The minimum atomic E-state index is -1.32. The van der Waals surface area contributed by atoms with E-state index in [0.717, 1.165) is 24.3 Å². The van der Waals surface area contributed by atoms with Gasteiger partial charge in [0.15, 0.2) is 0 Å². The number of hydrogen-bond acceptors (Lipinski definition) is 6. The van der Waals surface area contributed by atoms with Gasteiger partial charge in [-0.15, -0.1) is 11.8 Å². The SMILES string of the molecule is Cc1c(N2C(=O)CSC23C(=O)N(CN2CCOCC2)c2ccccc23)c(=O)n(-c2ccccc2)n1C. The molecule has 9 nitrogen and oxygen atoms in total. The number of thioether (sulfide) groups is 1. The lowest BCUT2D eigenvalue weighted by atomic mass is 10.0. The van der Waals surface area contributed by atoms with Crippen LogP contribution in [0.1, 0.15) is 11.3 Å². The summed E-state index contributed by atoms with van der Waals surface area (Å²) in [5.74, 6) is -0.327. The number of carbonyl (C=O) groups is 2. The number of hydrogen-bond donors (Lipinski definition) is 0. The zero-order valence-electron chi connectivity index (χ0n) is 20.2. The number of para-hydroxylation sites is 2. The van der Waals surface area contributed by atoms with Crippen LogP contribution in [-0.2, 0) is 26.2 Å². The lowest BCUT2D eigenvalue weighted by molar-refractivity contribution is -0.124. The Morgan fingerprint density at radius 1 is 0.972 bits per heavy atom. The largest absolute Gasteiger partial charge is 0.379 e. The highest BCUT2D eigenvalue weighted by atomic mass is 32.2. The van der Waals surface area contributed by atoms with Gasteiger partial charge < -0.3 is 4.74 Å². The van der Waals surface area contributed by atoms with Crippen molar-refractivity contribution in [1.29, 1.82) is 0 Å². The number of benzene rings is 2. The van der Waals surface area contributed by atoms with Crippen molar-refractivity contribution in [1.82, 2.24) is 14.3 Å². The van der Waals surface area contributed by atoms with Crippen molar-refractivity contribution in [2.45, 2.75) is 11.8 Å². The van der Waals surface area contributed by atoms with Crippen LogP contribution >= 0.6 is 11.8 Å². The topological polar surface area (TPSA) is 80.0 Å². The number of morpholine rings is 1. The molecule has 36 heavy (non-hydrogen) atoms. The molecular weight excluding hydrogens is 478 g/mol. The van der Waals surface area contributed by atoms with Gasteiger partial charge in [0.2, 0.25) is 10.8 Å². The second-order valence-corrected chi connectivity index (χ2v) is 10.4. The molecule has 0 bridgehead atoms. The van der Waals surface area contributed by atoms with E-state index in [1.54, 1.807) is 21.3 Å². The van der Waals surface area contributed by atoms with Crippen LogP contribution in [0.2, 0.25) is 0 Å². The maximum Gasteiger partial charge on any atom is 0.295 e. The number of ether oxygens (including phenoxy) is 1. The molecule has 3 aromatic rings. The smallest absolute Gasteiger partial charge is 0.295 e. The van der Waals surface area contributed by atoms with Crippen LogP contribution in [0.15, 0.2) is 59.4 Å². The Balaban J connectivity index is 1.50. The van der Waals surface area contributed by atoms with Crippen molar-refractivity contribution < 1.29 is 14.3 Å². The third-order valence-corrected chi connectivity index (χ3v) is 8.64.